The van der Waals surface area contributed by atoms with Crippen molar-refractivity contribution in [1.82, 2.24) is 40.4 Å². The molecule has 3 unspecified atom stereocenters. The van der Waals surface area contributed by atoms with Gasteiger partial charge in [0.05, 0.1) is 66.5 Å². The zero-order valence-electron chi connectivity index (χ0n) is 43.1. The fourth-order valence-corrected chi connectivity index (χ4v) is 13.4. The molecule has 5 aromatic rings. The molecule has 3 aromatic carbocycles. The number of aliphatic hydroxyl groups is 1. The number of hydrogen-bond donors (Lipinski definition) is 5. The first-order valence-electron chi connectivity index (χ1n) is 26.4. The van der Waals surface area contributed by atoms with Gasteiger partial charge in [-0.05, 0) is 134 Å². The van der Waals surface area contributed by atoms with E-state index in [2.05, 4.69) is 112 Å². The molecule has 2 aliphatic carbocycles. The number of methoxy groups -OCH3 is 2. The minimum absolute atomic E-state index is 0.0105. The molecule has 3 saturated heterocycles. The minimum Gasteiger partial charge on any atom is -0.453 e. The number of fused-ring (bicyclic) bond motifs is 4. The number of rotatable bonds is 12. The maximum absolute atomic E-state index is 14.5. The zero-order valence-corrected chi connectivity index (χ0v) is 43.1. The van der Waals surface area contributed by atoms with Crippen molar-refractivity contribution in [3.05, 3.63) is 89.0 Å². The number of amides is 3. The smallest absolute Gasteiger partial charge is 0.407 e. The van der Waals surface area contributed by atoms with Crippen molar-refractivity contribution in [2.75, 3.05) is 19.1 Å². The number of aliphatic hydroxyl groups excluding tert-OH is 1. The Morgan fingerprint density at radius 1 is 0.676 bits per heavy atom. The summed E-state index contributed by atoms with van der Waals surface area (Å²) in [5.41, 5.74) is 8.51. The highest BCUT2D eigenvalue weighted by molar-refractivity contribution is 5.87. The lowest BCUT2D eigenvalue weighted by molar-refractivity contribution is -0.137. The van der Waals surface area contributed by atoms with E-state index in [1.54, 1.807) is 0 Å². The molecule has 0 radical (unpaired) electrons. The Bertz CT molecular complexity index is 2740. The van der Waals surface area contributed by atoms with Crippen molar-refractivity contribution >= 4 is 45.8 Å². The summed E-state index contributed by atoms with van der Waals surface area (Å²) >= 11 is 0. The van der Waals surface area contributed by atoms with Gasteiger partial charge in [-0.3, -0.25) is 9.69 Å². The molecule has 5 N–H and O–H groups in total. The maximum Gasteiger partial charge on any atom is 0.407 e. The molecule has 380 valence electrons. The molecule has 3 aliphatic heterocycles. The second-order valence-corrected chi connectivity index (χ2v) is 23.0. The number of likely N-dealkylation sites (tertiary alicyclic amines) is 2. The van der Waals surface area contributed by atoms with E-state index in [9.17, 15) is 19.5 Å². The van der Waals surface area contributed by atoms with Crippen LogP contribution in [-0.4, -0.2) is 97.6 Å². The number of anilines is 1. The van der Waals surface area contributed by atoms with Gasteiger partial charge in [-0.25, -0.2) is 19.6 Å². The van der Waals surface area contributed by atoms with Gasteiger partial charge >= 0.3 is 12.2 Å². The number of hydrogen-bond acceptors (Lipinski definition) is 10. The van der Waals surface area contributed by atoms with Gasteiger partial charge in [0.2, 0.25) is 5.91 Å². The van der Waals surface area contributed by atoms with Crippen molar-refractivity contribution in [2.24, 2.45) is 23.7 Å². The second-order valence-electron chi connectivity index (χ2n) is 23.0. The lowest BCUT2D eigenvalue weighted by atomic mass is 9.87. The number of aromatic nitrogens is 4. The average Bonchev–Trinajstić information content (AvgIpc) is 4.21. The van der Waals surface area contributed by atoms with Gasteiger partial charge in [-0.2, -0.15) is 0 Å². The van der Waals surface area contributed by atoms with E-state index in [4.69, 9.17) is 19.4 Å². The Morgan fingerprint density at radius 2 is 1.21 bits per heavy atom. The van der Waals surface area contributed by atoms with E-state index in [-0.39, 0.29) is 59.4 Å². The third kappa shape index (κ3) is 9.14. The molecule has 0 spiro atoms. The fourth-order valence-electron chi connectivity index (χ4n) is 13.4. The number of ether oxygens (including phenoxy) is 2. The van der Waals surface area contributed by atoms with Crippen LogP contribution in [0.15, 0.2) is 60.7 Å². The second kappa shape index (κ2) is 19.4. The Morgan fingerprint density at radius 3 is 1.76 bits per heavy atom. The highest BCUT2D eigenvalue weighted by Crippen LogP contribution is 2.51. The van der Waals surface area contributed by atoms with Crippen LogP contribution in [-0.2, 0) is 19.7 Å². The van der Waals surface area contributed by atoms with Crippen LogP contribution in [0.1, 0.15) is 165 Å². The maximum atomic E-state index is 14.5. The molecule has 71 heavy (non-hydrogen) atoms. The summed E-state index contributed by atoms with van der Waals surface area (Å²) in [6.07, 6.45) is 7.92. The van der Waals surface area contributed by atoms with Gasteiger partial charge in [0.15, 0.2) is 0 Å². The molecule has 2 saturated carbocycles. The van der Waals surface area contributed by atoms with Crippen molar-refractivity contribution in [3.8, 4) is 0 Å². The monoisotopic (exact) mass is 970 g/mol. The first kappa shape index (κ1) is 48.9. The first-order valence-corrected chi connectivity index (χ1v) is 26.4. The molecular weight excluding hydrogens is 895 g/mol. The largest absolute Gasteiger partial charge is 0.453 e. The normalized spacial score (nSPS) is 26.9. The minimum atomic E-state index is -0.905. The van der Waals surface area contributed by atoms with Gasteiger partial charge in [-0.15, -0.1) is 0 Å². The predicted molar refractivity (Wildman–Crippen MR) is 275 cm³/mol. The van der Waals surface area contributed by atoms with E-state index in [1.807, 2.05) is 32.6 Å². The number of nitrogens with zero attached hydrogens (tertiary/aromatic N) is 5. The van der Waals surface area contributed by atoms with Crippen LogP contribution in [0.25, 0.3) is 22.1 Å². The lowest BCUT2D eigenvalue weighted by Crippen LogP contribution is -2.56. The summed E-state index contributed by atoms with van der Waals surface area (Å²) in [4.78, 5) is 64.1. The predicted octanol–water partition coefficient (Wildman–Crippen LogP) is 10.3. The van der Waals surface area contributed by atoms with Crippen LogP contribution in [0, 0.1) is 23.7 Å². The molecule has 5 heterocycles. The van der Waals surface area contributed by atoms with E-state index in [0.717, 1.165) is 104 Å². The van der Waals surface area contributed by atoms with Crippen molar-refractivity contribution < 1.29 is 29.0 Å². The molecule has 10 rings (SSSR count). The first-order chi connectivity index (χ1) is 34.0. The van der Waals surface area contributed by atoms with Gasteiger partial charge < -0.3 is 45.0 Å². The molecule has 15 heteroatoms. The van der Waals surface area contributed by atoms with Crippen LogP contribution in [0.5, 0.6) is 0 Å². The molecule has 2 aromatic heterocycles. The highest BCUT2D eigenvalue weighted by atomic mass is 16.5. The number of carbonyl (C=O) groups is 3. The molecule has 15 nitrogen and oxygen atoms in total. The van der Waals surface area contributed by atoms with E-state index in [0.29, 0.717) is 11.8 Å². The Kier molecular flexibility index (Phi) is 13.4. The molecule has 0 bridgehead atoms. The zero-order chi connectivity index (χ0) is 50.0. The van der Waals surface area contributed by atoms with Crippen LogP contribution >= 0.6 is 0 Å². The van der Waals surface area contributed by atoms with E-state index in [1.165, 1.54) is 30.9 Å². The Labute approximate surface area is 418 Å². The van der Waals surface area contributed by atoms with Crippen molar-refractivity contribution in [2.45, 2.75) is 173 Å². The van der Waals surface area contributed by atoms with E-state index >= 15 is 0 Å². The fraction of sp³-hybridized carbons (Fsp3) is 0.589. The molecule has 5 aliphatic rings. The van der Waals surface area contributed by atoms with Crippen LogP contribution in [0.3, 0.4) is 0 Å². The van der Waals surface area contributed by atoms with Crippen LogP contribution < -0.4 is 15.5 Å². The summed E-state index contributed by atoms with van der Waals surface area (Å²) < 4.78 is 9.90. The van der Waals surface area contributed by atoms with Gasteiger partial charge in [0.25, 0.3) is 0 Å². The number of imidazole rings is 2. The van der Waals surface area contributed by atoms with Gasteiger partial charge in [-0.1, -0.05) is 85.6 Å². The van der Waals surface area contributed by atoms with Gasteiger partial charge in [0, 0.05) is 17.8 Å². The summed E-state index contributed by atoms with van der Waals surface area (Å²) in [6, 6.07) is 21.3. The lowest BCUT2D eigenvalue weighted by Gasteiger charge is -2.39. The SMILES string of the molecule is COC(=O)N[C@@H](C(C)C)C(O)N1C(c2nc3cc([C@H]4CCC(c5ccc6[nH]c([C@@H]7C[C@@H]8CCC[C@@H]8N7C(=O)[C@@H](NC(=O)OC)C(C)C)nc6c5)N4c4ccc(C(C)(C)C)cc4)ccc3[nH]2)C[C@@H]2CCC[C@@H]21. The molecule has 3 amide bonds. The highest BCUT2D eigenvalue weighted by Gasteiger charge is 2.51. The van der Waals surface area contributed by atoms with Crippen LogP contribution in [0.4, 0.5) is 15.3 Å². The Hall–Kier alpha value is -5.67. The summed E-state index contributed by atoms with van der Waals surface area (Å²) in [5, 5.41) is 17.9. The number of benzene rings is 3. The third-order valence-corrected chi connectivity index (χ3v) is 17.1. The quantitative estimate of drug-likeness (QED) is 0.0807. The van der Waals surface area contributed by atoms with Crippen LogP contribution in [0.2, 0.25) is 0 Å². The topological polar surface area (TPSA) is 181 Å². The number of H-pyrrole nitrogens is 2. The van der Waals surface area contributed by atoms with E-state index < -0.39 is 30.5 Å². The Balaban J connectivity index is 0.962. The third-order valence-electron chi connectivity index (χ3n) is 17.1. The number of carbonyl (C=O) groups excluding carboxylic acids is 3. The van der Waals surface area contributed by atoms with Gasteiger partial charge in [0.1, 0.15) is 23.9 Å². The summed E-state index contributed by atoms with van der Waals surface area (Å²) in [7, 11) is 2.68. The number of aromatic amines is 2. The molecule has 5 fully saturated rings. The average molecular weight is 970 g/mol. The molecule has 11 atom stereocenters. The van der Waals surface area contributed by atoms with Crippen molar-refractivity contribution in [3.63, 3.8) is 0 Å². The summed E-state index contributed by atoms with van der Waals surface area (Å²) in [5.74, 6) is 2.27. The van der Waals surface area contributed by atoms with Crippen molar-refractivity contribution in [1.29, 1.82) is 0 Å². The number of nitrogens with one attached hydrogen (secondary N) is 4. The molecular formula is C56H75N9O6. The standard InChI is InChI=1S/C56H75N9O6/c1-30(2)48(61-54(68)70-8)52(66)64-42-14-10-12-32(42)28-46(64)50-57-38-22-16-34(26-40(38)59-50)44-24-25-45(63(44)37-20-18-36(19-21-37)56(5,6)7)35-17-23-39-41(27-35)60-51(58-39)47-29-33-13-11-15-43(33)65(47)53(67)49(31(3)4)62-55(69)71-9/h16-23,26-27,30-33,42-49,52,66H,10-15,24-25,28-29H2,1-9H3,(H,57,59)(H,58,60)(H,61,68)(H,62,69)/t32-,33-,42-,43-,44+,45?,46?,47-,48-,49-,52?/m0/s1. The summed E-state index contributed by atoms with van der Waals surface area (Å²) in [6.45, 7) is 14.7. The number of alkyl carbamates (subject to hydrolysis) is 2.